The third-order valence-corrected chi connectivity index (χ3v) is 3.79. The van der Waals surface area contributed by atoms with Gasteiger partial charge in [-0.25, -0.2) is 0 Å². The number of hydrogen-bond donors (Lipinski definition) is 1. The summed E-state index contributed by atoms with van der Waals surface area (Å²) in [6.07, 6.45) is 3.49. The van der Waals surface area contributed by atoms with Gasteiger partial charge in [-0.15, -0.1) is 0 Å². The molecule has 1 saturated carbocycles. The largest absolute Gasteiger partial charge is 0.353 e. The van der Waals surface area contributed by atoms with E-state index in [1.165, 1.54) is 12.8 Å². The zero-order valence-electron chi connectivity index (χ0n) is 8.35. The molecule has 0 aromatic rings. The lowest BCUT2D eigenvalue weighted by Gasteiger charge is -2.18. The van der Waals surface area contributed by atoms with Crippen LogP contribution in [0.3, 0.4) is 0 Å². The van der Waals surface area contributed by atoms with E-state index in [-0.39, 0.29) is 17.9 Å². The Morgan fingerprint density at radius 2 is 2.31 bits per heavy atom. The van der Waals surface area contributed by atoms with Crippen molar-refractivity contribution in [3.63, 3.8) is 0 Å². The van der Waals surface area contributed by atoms with E-state index in [4.69, 9.17) is 0 Å². The number of amides is 1. The number of halogens is 1. The van der Waals surface area contributed by atoms with Crippen molar-refractivity contribution >= 4 is 21.8 Å². The maximum Gasteiger partial charge on any atom is 0.223 e. The van der Waals surface area contributed by atoms with E-state index >= 15 is 0 Å². The number of hydrogen-bond acceptors (Lipinski definition) is 1. The van der Waals surface area contributed by atoms with Gasteiger partial charge in [0.2, 0.25) is 5.91 Å². The highest BCUT2D eigenvalue weighted by Gasteiger charge is 2.29. The van der Waals surface area contributed by atoms with E-state index in [0.717, 1.165) is 11.8 Å². The first-order chi connectivity index (χ1) is 6.15. The molecule has 0 spiro atoms. The molecule has 0 radical (unpaired) electrons. The number of carbonyl (C=O) groups excluding carboxylic acids is 1. The van der Waals surface area contributed by atoms with Crippen LogP contribution in [-0.2, 0) is 4.79 Å². The second kappa shape index (κ2) is 4.99. The van der Waals surface area contributed by atoms with Gasteiger partial charge in [-0.05, 0) is 25.7 Å². The summed E-state index contributed by atoms with van der Waals surface area (Å²) in [5.74, 6) is 1.08. The summed E-state index contributed by atoms with van der Waals surface area (Å²) >= 11 is 3.35. The van der Waals surface area contributed by atoms with Crippen molar-refractivity contribution < 1.29 is 4.79 Å². The second-order valence-corrected chi connectivity index (χ2v) is 4.73. The number of carbonyl (C=O) groups is 1. The van der Waals surface area contributed by atoms with Gasteiger partial charge in [-0.1, -0.05) is 29.3 Å². The maximum atomic E-state index is 11.7. The summed E-state index contributed by atoms with van der Waals surface area (Å²) in [6.45, 7) is 4.20. The van der Waals surface area contributed by atoms with Crippen molar-refractivity contribution in [3.05, 3.63) is 0 Å². The minimum Gasteiger partial charge on any atom is -0.353 e. The molecule has 0 aromatic carbocycles. The van der Waals surface area contributed by atoms with Crippen LogP contribution in [0.15, 0.2) is 0 Å². The molecule has 1 amide bonds. The third kappa shape index (κ3) is 2.97. The Hall–Kier alpha value is -0.0500. The van der Waals surface area contributed by atoms with Crippen LogP contribution in [0.1, 0.15) is 33.1 Å². The zero-order chi connectivity index (χ0) is 9.84. The predicted octanol–water partition coefficient (Wildman–Crippen LogP) is 2.32. The van der Waals surface area contributed by atoms with E-state index in [9.17, 15) is 4.79 Å². The fourth-order valence-electron chi connectivity index (χ4n) is 1.92. The minimum absolute atomic E-state index is 0.247. The van der Waals surface area contributed by atoms with E-state index in [1.807, 2.05) is 6.92 Å². The zero-order valence-corrected chi connectivity index (χ0v) is 9.93. The Morgan fingerprint density at radius 3 is 2.77 bits per heavy atom. The van der Waals surface area contributed by atoms with Gasteiger partial charge in [0.25, 0.3) is 0 Å². The molecule has 0 aliphatic heterocycles. The summed E-state index contributed by atoms with van der Waals surface area (Å²) in [7, 11) is 0. The van der Waals surface area contributed by atoms with Gasteiger partial charge in [0.1, 0.15) is 0 Å². The molecule has 1 N–H and O–H groups in total. The van der Waals surface area contributed by atoms with Crippen molar-refractivity contribution in [1.82, 2.24) is 5.32 Å². The van der Waals surface area contributed by atoms with Gasteiger partial charge >= 0.3 is 0 Å². The molecule has 2 nitrogen and oxygen atoms in total. The number of nitrogens with one attached hydrogen (secondary N) is 1. The van der Waals surface area contributed by atoms with Crippen LogP contribution in [0.25, 0.3) is 0 Å². The lowest BCUT2D eigenvalue weighted by atomic mass is 9.97. The average Bonchev–Trinajstić information content (AvgIpc) is 2.51. The number of alkyl halides is 1. The molecule has 1 aliphatic rings. The van der Waals surface area contributed by atoms with Crippen molar-refractivity contribution in [3.8, 4) is 0 Å². The highest BCUT2D eigenvalue weighted by Crippen LogP contribution is 2.31. The summed E-state index contributed by atoms with van der Waals surface area (Å²) in [4.78, 5) is 11.7. The van der Waals surface area contributed by atoms with Gasteiger partial charge in [-0.3, -0.25) is 4.79 Å². The van der Waals surface area contributed by atoms with E-state index in [2.05, 4.69) is 28.2 Å². The monoisotopic (exact) mass is 247 g/mol. The minimum atomic E-state index is 0.247. The van der Waals surface area contributed by atoms with Crippen LogP contribution >= 0.6 is 15.9 Å². The Morgan fingerprint density at radius 1 is 1.62 bits per heavy atom. The van der Waals surface area contributed by atoms with Gasteiger partial charge in [0.15, 0.2) is 0 Å². The van der Waals surface area contributed by atoms with Crippen molar-refractivity contribution in [2.75, 3.05) is 5.33 Å². The molecule has 3 heteroatoms. The molecule has 0 heterocycles. The molecule has 1 aliphatic carbocycles. The Bertz CT molecular complexity index is 184. The maximum absolute atomic E-state index is 11.7. The Labute approximate surface area is 88.6 Å². The molecule has 13 heavy (non-hydrogen) atoms. The average molecular weight is 248 g/mol. The summed E-state index contributed by atoms with van der Waals surface area (Å²) in [5, 5.41) is 3.85. The van der Waals surface area contributed by atoms with Crippen molar-refractivity contribution in [2.24, 2.45) is 11.8 Å². The molecule has 0 bridgehead atoms. The summed E-state index contributed by atoms with van der Waals surface area (Å²) in [5.41, 5.74) is 0. The van der Waals surface area contributed by atoms with Crippen molar-refractivity contribution in [1.29, 1.82) is 0 Å². The van der Waals surface area contributed by atoms with Crippen molar-refractivity contribution in [2.45, 2.75) is 39.2 Å². The van der Waals surface area contributed by atoms with Gasteiger partial charge in [-0.2, -0.15) is 0 Å². The van der Waals surface area contributed by atoms with E-state index < -0.39 is 0 Å². The van der Waals surface area contributed by atoms with Crippen LogP contribution in [-0.4, -0.2) is 17.3 Å². The first kappa shape index (κ1) is 11.0. The molecule has 1 rings (SSSR count). The van der Waals surface area contributed by atoms with Crippen LogP contribution in [0.5, 0.6) is 0 Å². The summed E-state index contributed by atoms with van der Waals surface area (Å²) < 4.78 is 0. The lowest BCUT2D eigenvalue weighted by molar-refractivity contribution is -0.126. The molecule has 0 aromatic heterocycles. The Kier molecular flexibility index (Phi) is 4.23. The molecule has 1 fully saturated rings. The van der Waals surface area contributed by atoms with Crippen LogP contribution in [0, 0.1) is 11.8 Å². The molecule has 76 valence electrons. The van der Waals surface area contributed by atoms with Crippen LogP contribution < -0.4 is 5.32 Å². The Balaban J connectivity index is 2.38. The quantitative estimate of drug-likeness (QED) is 0.763. The molecule has 3 atom stereocenters. The van der Waals surface area contributed by atoms with E-state index in [1.54, 1.807) is 0 Å². The topological polar surface area (TPSA) is 29.1 Å². The first-order valence-corrected chi connectivity index (χ1v) is 6.13. The summed E-state index contributed by atoms with van der Waals surface area (Å²) in [6, 6.07) is 0.250. The van der Waals surface area contributed by atoms with Gasteiger partial charge in [0, 0.05) is 17.3 Å². The smallest absolute Gasteiger partial charge is 0.223 e. The lowest BCUT2D eigenvalue weighted by Crippen LogP contribution is -2.38. The highest BCUT2D eigenvalue weighted by molar-refractivity contribution is 9.09. The predicted molar refractivity (Wildman–Crippen MR) is 57.9 cm³/mol. The third-order valence-electron chi connectivity index (χ3n) is 2.82. The molecule has 3 unspecified atom stereocenters. The molecular formula is C10H18BrNO. The molecule has 0 saturated heterocycles. The van der Waals surface area contributed by atoms with Gasteiger partial charge in [0.05, 0.1) is 0 Å². The molecular weight excluding hydrogens is 230 g/mol. The fourth-order valence-corrected chi connectivity index (χ4v) is 2.09. The second-order valence-electron chi connectivity index (χ2n) is 4.08. The normalized spacial score (nSPS) is 30.1. The first-order valence-electron chi connectivity index (χ1n) is 5.01. The number of rotatable bonds is 3. The highest BCUT2D eigenvalue weighted by atomic mass is 79.9. The van der Waals surface area contributed by atoms with Crippen LogP contribution in [0.2, 0.25) is 0 Å². The standard InChI is InChI=1S/C10H18BrNO/c1-7-4-3-5-9(7)10(13)12-8(2)6-11/h7-9H,3-6H2,1-2H3,(H,12,13). The van der Waals surface area contributed by atoms with Crippen LogP contribution in [0.4, 0.5) is 0 Å². The van der Waals surface area contributed by atoms with Gasteiger partial charge < -0.3 is 5.32 Å². The fraction of sp³-hybridized carbons (Fsp3) is 0.900. The van der Waals surface area contributed by atoms with E-state index in [0.29, 0.717) is 5.92 Å². The SMILES string of the molecule is CC(CBr)NC(=O)C1CCCC1C.